The number of carbonyl (C=O) groups is 1. The van der Waals surface area contributed by atoms with E-state index in [1.807, 2.05) is 0 Å². The van der Waals surface area contributed by atoms with Crippen LogP contribution in [0.2, 0.25) is 0 Å². The van der Waals surface area contributed by atoms with Crippen molar-refractivity contribution < 1.29 is 9.18 Å². The Labute approximate surface area is 100 Å². The van der Waals surface area contributed by atoms with E-state index in [4.69, 9.17) is 5.73 Å². The third-order valence-electron chi connectivity index (χ3n) is 3.22. The van der Waals surface area contributed by atoms with Crippen LogP contribution in [0.1, 0.15) is 36.0 Å². The largest absolute Gasteiger partial charge is 0.348 e. The van der Waals surface area contributed by atoms with E-state index >= 15 is 0 Å². The summed E-state index contributed by atoms with van der Waals surface area (Å²) >= 11 is 0. The molecular formula is C13H17FN2O. The topological polar surface area (TPSA) is 55.1 Å². The summed E-state index contributed by atoms with van der Waals surface area (Å²) in [5.74, 6) is -0.641. The average molecular weight is 236 g/mol. The van der Waals surface area contributed by atoms with Crippen LogP contribution in [0, 0.1) is 5.82 Å². The zero-order valence-electron chi connectivity index (χ0n) is 9.66. The third kappa shape index (κ3) is 3.03. The van der Waals surface area contributed by atoms with Gasteiger partial charge in [0.2, 0.25) is 0 Å². The van der Waals surface area contributed by atoms with Crippen molar-refractivity contribution in [2.75, 3.05) is 0 Å². The van der Waals surface area contributed by atoms with Crippen molar-refractivity contribution >= 4 is 5.91 Å². The molecule has 0 heterocycles. The fourth-order valence-electron chi connectivity index (χ4n) is 2.22. The fourth-order valence-corrected chi connectivity index (χ4v) is 2.22. The van der Waals surface area contributed by atoms with Gasteiger partial charge in [-0.15, -0.1) is 0 Å². The van der Waals surface area contributed by atoms with Gasteiger partial charge in [0.15, 0.2) is 0 Å². The number of hydrogen-bond donors (Lipinski definition) is 2. The third-order valence-corrected chi connectivity index (χ3v) is 3.22. The first-order chi connectivity index (χ1) is 8.16. The SMILES string of the molecule is NC1CCCCC1NC(=O)c1cccc(F)c1. The standard InChI is InChI=1S/C13H17FN2O/c14-10-5-3-4-9(8-10)13(17)16-12-7-2-1-6-11(12)15/h3-5,8,11-12H,1-2,6-7,15H2,(H,16,17). The predicted molar refractivity (Wildman–Crippen MR) is 64.1 cm³/mol. The van der Waals surface area contributed by atoms with E-state index in [0.29, 0.717) is 5.56 Å². The zero-order chi connectivity index (χ0) is 12.3. The molecule has 1 amide bonds. The Kier molecular flexibility index (Phi) is 3.74. The van der Waals surface area contributed by atoms with Crippen LogP contribution in [-0.4, -0.2) is 18.0 Å². The zero-order valence-corrected chi connectivity index (χ0v) is 9.66. The second-order valence-corrected chi connectivity index (χ2v) is 4.54. The van der Waals surface area contributed by atoms with E-state index in [1.165, 1.54) is 18.2 Å². The molecule has 2 rings (SSSR count). The lowest BCUT2D eigenvalue weighted by molar-refractivity contribution is 0.0921. The van der Waals surface area contributed by atoms with Gasteiger partial charge in [0.25, 0.3) is 5.91 Å². The van der Waals surface area contributed by atoms with Gasteiger partial charge in [0.1, 0.15) is 5.82 Å². The van der Waals surface area contributed by atoms with Crippen LogP contribution in [0.15, 0.2) is 24.3 Å². The molecule has 92 valence electrons. The van der Waals surface area contributed by atoms with Gasteiger partial charge in [-0.25, -0.2) is 4.39 Å². The smallest absolute Gasteiger partial charge is 0.251 e. The molecule has 1 aromatic carbocycles. The number of halogens is 1. The van der Waals surface area contributed by atoms with Crippen molar-refractivity contribution in [3.63, 3.8) is 0 Å². The number of carbonyl (C=O) groups excluding carboxylic acids is 1. The van der Waals surface area contributed by atoms with E-state index in [2.05, 4.69) is 5.32 Å². The summed E-state index contributed by atoms with van der Waals surface area (Å²) in [5.41, 5.74) is 6.30. The molecule has 0 aliphatic heterocycles. The minimum atomic E-state index is -0.398. The summed E-state index contributed by atoms with van der Waals surface area (Å²) < 4.78 is 13.0. The van der Waals surface area contributed by atoms with Crippen molar-refractivity contribution in [2.45, 2.75) is 37.8 Å². The molecule has 0 bridgehead atoms. The number of nitrogens with two attached hydrogens (primary N) is 1. The number of hydrogen-bond acceptors (Lipinski definition) is 2. The van der Waals surface area contributed by atoms with Crippen LogP contribution in [-0.2, 0) is 0 Å². The molecule has 0 aromatic heterocycles. The van der Waals surface area contributed by atoms with Gasteiger partial charge in [-0.1, -0.05) is 18.9 Å². The van der Waals surface area contributed by atoms with Gasteiger partial charge >= 0.3 is 0 Å². The quantitative estimate of drug-likeness (QED) is 0.823. The Bertz CT molecular complexity index is 408. The van der Waals surface area contributed by atoms with Crippen molar-refractivity contribution in [3.8, 4) is 0 Å². The molecule has 3 nitrogen and oxygen atoms in total. The van der Waals surface area contributed by atoms with Crippen molar-refractivity contribution in [1.82, 2.24) is 5.32 Å². The summed E-state index contributed by atoms with van der Waals surface area (Å²) in [5, 5.41) is 2.88. The predicted octanol–water partition coefficient (Wildman–Crippen LogP) is 1.83. The summed E-state index contributed by atoms with van der Waals surface area (Å²) in [6.45, 7) is 0. The molecule has 0 radical (unpaired) electrons. The molecule has 0 spiro atoms. The lowest BCUT2D eigenvalue weighted by atomic mass is 9.91. The molecule has 1 aliphatic rings. The lowest BCUT2D eigenvalue weighted by Crippen LogP contribution is -2.49. The van der Waals surface area contributed by atoms with E-state index in [-0.39, 0.29) is 18.0 Å². The maximum absolute atomic E-state index is 13.0. The average Bonchev–Trinajstić information content (AvgIpc) is 2.32. The van der Waals surface area contributed by atoms with Crippen LogP contribution in [0.3, 0.4) is 0 Å². The molecule has 1 fully saturated rings. The number of benzene rings is 1. The van der Waals surface area contributed by atoms with Gasteiger partial charge in [0, 0.05) is 17.6 Å². The second-order valence-electron chi connectivity index (χ2n) is 4.54. The Balaban J connectivity index is 2.01. The van der Waals surface area contributed by atoms with Crippen LogP contribution < -0.4 is 11.1 Å². The Hall–Kier alpha value is -1.42. The normalized spacial score (nSPS) is 24.4. The lowest BCUT2D eigenvalue weighted by Gasteiger charge is -2.29. The molecular weight excluding hydrogens is 219 g/mol. The molecule has 0 saturated heterocycles. The van der Waals surface area contributed by atoms with Gasteiger partial charge in [-0.05, 0) is 31.0 Å². The molecule has 3 N–H and O–H groups in total. The maximum Gasteiger partial charge on any atom is 0.251 e. The second kappa shape index (κ2) is 5.27. The Morgan fingerprint density at radius 2 is 2.12 bits per heavy atom. The first-order valence-electron chi connectivity index (χ1n) is 5.99. The molecule has 1 aliphatic carbocycles. The highest BCUT2D eigenvalue weighted by Crippen LogP contribution is 2.17. The van der Waals surface area contributed by atoms with E-state index in [1.54, 1.807) is 6.07 Å². The Morgan fingerprint density at radius 1 is 1.35 bits per heavy atom. The van der Waals surface area contributed by atoms with E-state index < -0.39 is 5.82 Å². The first kappa shape index (κ1) is 12.0. The van der Waals surface area contributed by atoms with Gasteiger partial charge in [0.05, 0.1) is 0 Å². The minimum Gasteiger partial charge on any atom is -0.348 e. The number of nitrogens with one attached hydrogen (secondary N) is 1. The molecule has 1 saturated carbocycles. The first-order valence-corrected chi connectivity index (χ1v) is 5.99. The number of rotatable bonds is 2. The molecule has 2 atom stereocenters. The van der Waals surface area contributed by atoms with Crippen LogP contribution in [0.4, 0.5) is 4.39 Å². The molecule has 1 aromatic rings. The van der Waals surface area contributed by atoms with Gasteiger partial charge < -0.3 is 11.1 Å². The van der Waals surface area contributed by atoms with Gasteiger partial charge in [-0.3, -0.25) is 4.79 Å². The minimum absolute atomic E-state index is 0.0134. The molecule has 2 unspecified atom stereocenters. The highest BCUT2D eigenvalue weighted by Gasteiger charge is 2.23. The maximum atomic E-state index is 13.0. The van der Waals surface area contributed by atoms with Crippen molar-refractivity contribution in [1.29, 1.82) is 0 Å². The van der Waals surface area contributed by atoms with Crippen LogP contribution >= 0.6 is 0 Å². The summed E-state index contributed by atoms with van der Waals surface area (Å²) in [7, 11) is 0. The fraction of sp³-hybridized carbons (Fsp3) is 0.462. The van der Waals surface area contributed by atoms with Gasteiger partial charge in [-0.2, -0.15) is 0 Å². The van der Waals surface area contributed by atoms with Crippen molar-refractivity contribution in [2.24, 2.45) is 5.73 Å². The summed E-state index contributed by atoms with van der Waals surface area (Å²) in [6.07, 6.45) is 4.05. The van der Waals surface area contributed by atoms with Crippen molar-refractivity contribution in [3.05, 3.63) is 35.6 Å². The monoisotopic (exact) mass is 236 g/mol. The Morgan fingerprint density at radius 3 is 2.82 bits per heavy atom. The molecule has 4 heteroatoms. The number of amides is 1. The van der Waals surface area contributed by atoms with E-state index in [0.717, 1.165) is 25.7 Å². The van der Waals surface area contributed by atoms with Crippen LogP contribution in [0.25, 0.3) is 0 Å². The highest BCUT2D eigenvalue weighted by molar-refractivity contribution is 5.94. The van der Waals surface area contributed by atoms with E-state index in [9.17, 15) is 9.18 Å². The summed E-state index contributed by atoms with van der Waals surface area (Å²) in [4.78, 5) is 11.9. The highest BCUT2D eigenvalue weighted by atomic mass is 19.1. The molecule has 17 heavy (non-hydrogen) atoms. The van der Waals surface area contributed by atoms with Crippen LogP contribution in [0.5, 0.6) is 0 Å². The summed E-state index contributed by atoms with van der Waals surface area (Å²) in [6, 6.07) is 5.73.